The molecular weight excluding hydrogens is 536 g/mol. The van der Waals surface area contributed by atoms with Gasteiger partial charge in [-0.15, -0.1) is 0 Å². The molecule has 3 unspecified atom stereocenters. The van der Waals surface area contributed by atoms with Crippen LogP contribution in [0.25, 0.3) is 66.5 Å². The van der Waals surface area contributed by atoms with Gasteiger partial charge in [0.05, 0.1) is 22.5 Å². The molecule has 4 heteroatoms. The van der Waals surface area contributed by atoms with Crippen LogP contribution < -0.4 is 9.13 Å². The second-order valence-corrected chi connectivity index (χ2v) is 13.2. The van der Waals surface area contributed by atoms with Crippen LogP contribution in [0, 0.1) is 5.92 Å². The van der Waals surface area contributed by atoms with E-state index in [1.54, 1.807) is 5.56 Å². The topological polar surface area (TPSA) is 17.6 Å². The van der Waals surface area contributed by atoms with Gasteiger partial charge in [0.2, 0.25) is 11.5 Å². The molecule has 0 N–H and O–H groups in total. The van der Waals surface area contributed by atoms with Crippen LogP contribution in [0.4, 0.5) is 0 Å². The lowest BCUT2D eigenvalue weighted by molar-refractivity contribution is -0.974. The second-order valence-electron chi connectivity index (χ2n) is 13.2. The van der Waals surface area contributed by atoms with Crippen LogP contribution in [-0.4, -0.2) is 9.13 Å². The van der Waals surface area contributed by atoms with Gasteiger partial charge in [0.15, 0.2) is 0 Å². The van der Waals surface area contributed by atoms with E-state index in [-0.39, 0.29) is 5.66 Å². The number of nitrogens with zero attached hydrogens (tertiary/aromatic N) is 4. The molecule has 3 atom stereocenters. The third-order valence-electron chi connectivity index (χ3n) is 11.6. The number of para-hydroxylation sites is 2. The minimum atomic E-state index is -0.347. The molecule has 2 aliphatic heterocycles. The Morgan fingerprint density at radius 3 is 2.18 bits per heavy atom. The van der Waals surface area contributed by atoms with Crippen LogP contribution in [0.5, 0.6) is 0 Å². The van der Waals surface area contributed by atoms with Crippen molar-refractivity contribution in [2.45, 2.75) is 30.8 Å². The summed E-state index contributed by atoms with van der Waals surface area (Å²) in [6.45, 7) is 0. The molecule has 44 heavy (non-hydrogen) atoms. The molecule has 0 amide bonds. The highest BCUT2D eigenvalue weighted by atomic mass is 15.4. The summed E-state index contributed by atoms with van der Waals surface area (Å²) in [5.74, 6) is 2.24. The monoisotopic (exact) mass is 564 g/mol. The molecule has 0 saturated heterocycles. The molecule has 206 valence electrons. The normalized spacial score (nSPS) is 21.9. The zero-order valence-corrected chi connectivity index (χ0v) is 24.1. The van der Waals surface area contributed by atoms with E-state index in [2.05, 4.69) is 140 Å². The molecule has 0 bridgehead atoms. The fourth-order valence-corrected chi connectivity index (χ4v) is 10.3. The van der Waals surface area contributed by atoms with Gasteiger partial charge < -0.3 is 0 Å². The maximum atomic E-state index is 2.79. The fourth-order valence-electron chi connectivity index (χ4n) is 10.3. The minimum absolute atomic E-state index is 0.347. The molecule has 4 aromatic carbocycles. The molecule has 1 spiro atoms. The lowest BCUT2D eigenvalue weighted by atomic mass is 9.85. The van der Waals surface area contributed by atoms with Crippen molar-refractivity contribution in [2.75, 3.05) is 0 Å². The lowest BCUT2D eigenvalue weighted by Gasteiger charge is -2.40. The summed E-state index contributed by atoms with van der Waals surface area (Å²) in [7, 11) is 0. The second kappa shape index (κ2) is 7.28. The van der Waals surface area contributed by atoms with E-state index in [4.69, 9.17) is 0 Å². The number of hydrogen-bond acceptors (Lipinski definition) is 0. The number of hydrogen-bond donors (Lipinski definition) is 0. The summed E-state index contributed by atoms with van der Waals surface area (Å²) in [6, 6.07) is 43.4. The van der Waals surface area contributed by atoms with Gasteiger partial charge >= 0.3 is 0 Å². The van der Waals surface area contributed by atoms with Crippen LogP contribution in [0.2, 0.25) is 0 Å². The van der Waals surface area contributed by atoms with Gasteiger partial charge in [-0.1, -0.05) is 79.2 Å². The van der Waals surface area contributed by atoms with E-state index in [0.717, 1.165) is 0 Å². The Kier molecular flexibility index (Phi) is 3.70. The lowest BCUT2D eigenvalue weighted by Crippen LogP contribution is -2.80. The largest absolute Gasteiger partial charge is 0.272 e. The Hall–Kier alpha value is -5.22. The Bertz CT molecular complexity index is 2600. The van der Waals surface area contributed by atoms with E-state index in [0.29, 0.717) is 11.8 Å². The number of benzene rings is 4. The van der Waals surface area contributed by atoms with Crippen molar-refractivity contribution in [3.05, 3.63) is 133 Å². The minimum Gasteiger partial charge on any atom is -0.225 e. The van der Waals surface area contributed by atoms with Gasteiger partial charge in [0, 0.05) is 22.8 Å². The maximum Gasteiger partial charge on any atom is 0.272 e. The molecule has 1 saturated carbocycles. The van der Waals surface area contributed by atoms with Gasteiger partial charge in [-0.2, -0.15) is 13.7 Å². The molecule has 8 aromatic rings. The van der Waals surface area contributed by atoms with Crippen LogP contribution >= 0.6 is 0 Å². The molecule has 6 heterocycles. The van der Waals surface area contributed by atoms with Gasteiger partial charge in [-0.05, 0) is 71.8 Å². The third kappa shape index (κ3) is 2.19. The Balaban J connectivity index is 1.40. The van der Waals surface area contributed by atoms with Crippen molar-refractivity contribution in [1.29, 1.82) is 0 Å². The van der Waals surface area contributed by atoms with Crippen molar-refractivity contribution in [3.63, 3.8) is 0 Å². The van der Waals surface area contributed by atoms with Crippen molar-refractivity contribution >= 4 is 43.9 Å². The molecule has 12 rings (SSSR count). The van der Waals surface area contributed by atoms with Crippen LogP contribution in [0.1, 0.15) is 36.3 Å². The third-order valence-corrected chi connectivity index (χ3v) is 11.6. The number of fused-ring (bicyclic) bond motifs is 10. The first-order chi connectivity index (χ1) is 21.9. The standard InChI is InChI=1S/C40H28N4/c1-2-10-24(11-3-1)25-19-21-34-37-36(25)30-14-8-16-31(30)40(37)41-23-9-15-28-26-12-5-7-18-33(26)43(38(28)41)35-22-20-29-27-13-4-6-17-32(27)42(34)39(29)44(35)40/h1-7,9-13,15,17-23,30-31H,8,14,16H2/q+2. The van der Waals surface area contributed by atoms with Gasteiger partial charge in [-0.25, -0.2) is 4.57 Å². The Morgan fingerprint density at radius 1 is 0.614 bits per heavy atom. The number of aromatic nitrogens is 4. The molecule has 2 aliphatic carbocycles. The van der Waals surface area contributed by atoms with Crippen molar-refractivity contribution in [2.24, 2.45) is 5.92 Å². The summed E-state index contributed by atoms with van der Waals surface area (Å²) in [5.41, 5.74) is 12.0. The highest BCUT2D eigenvalue weighted by Gasteiger charge is 2.68. The predicted molar refractivity (Wildman–Crippen MR) is 174 cm³/mol. The number of pyridine rings is 2. The summed E-state index contributed by atoms with van der Waals surface area (Å²) in [5, 5.41) is 5.30. The zero-order valence-electron chi connectivity index (χ0n) is 24.1. The molecule has 0 radical (unpaired) electrons. The van der Waals surface area contributed by atoms with Crippen LogP contribution in [-0.2, 0) is 5.66 Å². The van der Waals surface area contributed by atoms with Crippen molar-refractivity contribution < 1.29 is 9.13 Å². The first-order valence-corrected chi connectivity index (χ1v) is 16.0. The first kappa shape index (κ1) is 22.3. The van der Waals surface area contributed by atoms with Crippen LogP contribution in [0.3, 0.4) is 0 Å². The maximum absolute atomic E-state index is 2.79. The van der Waals surface area contributed by atoms with Crippen molar-refractivity contribution in [3.8, 4) is 22.6 Å². The van der Waals surface area contributed by atoms with Gasteiger partial charge in [-0.3, -0.25) is 0 Å². The van der Waals surface area contributed by atoms with E-state index >= 15 is 0 Å². The van der Waals surface area contributed by atoms with E-state index in [1.165, 1.54) is 91.3 Å². The molecule has 4 aliphatic rings. The van der Waals surface area contributed by atoms with Crippen molar-refractivity contribution in [1.82, 2.24) is 9.13 Å². The smallest absolute Gasteiger partial charge is 0.225 e. The highest BCUT2D eigenvalue weighted by molar-refractivity contribution is 6.09. The molecule has 1 fully saturated rings. The SMILES string of the molecule is c1ccc(-c2ccc3c4c2C2CCCC2C42[n+]4cccc5c6ccccc6n(c54)-c4ccc5c6ccccc6n-3c5[n+]42)cc1. The average Bonchev–Trinajstić information content (AvgIpc) is 3.84. The summed E-state index contributed by atoms with van der Waals surface area (Å²) in [6.07, 6.45) is 6.13. The quantitative estimate of drug-likeness (QED) is 0.181. The predicted octanol–water partition coefficient (Wildman–Crippen LogP) is 7.90. The Morgan fingerprint density at radius 2 is 1.34 bits per heavy atom. The van der Waals surface area contributed by atoms with E-state index in [9.17, 15) is 0 Å². The van der Waals surface area contributed by atoms with Crippen LogP contribution in [0.15, 0.2) is 121 Å². The molecular formula is C40H28N4+2. The van der Waals surface area contributed by atoms with Gasteiger partial charge in [0.1, 0.15) is 16.7 Å². The Labute approximate surface area is 253 Å². The zero-order chi connectivity index (χ0) is 28.3. The van der Waals surface area contributed by atoms with Gasteiger partial charge in [0.25, 0.3) is 11.3 Å². The summed E-state index contributed by atoms with van der Waals surface area (Å²) in [4.78, 5) is 0. The summed E-state index contributed by atoms with van der Waals surface area (Å²) >= 11 is 0. The molecule has 4 aromatic heterocycles. The highest BCUT2D eigenvalue weighted by Crippen LogP contribution is 2.62. The average molecular weight is 565 g/mol. The van der Waals surface area contributed by atoms with E-state index in [1.807, 2.05) is 0 Å². The fraction of sp³-hybridized carbons (Fsp3) is 0.150. The molecule has 4 nitrogen and oxygen atoms in total. The van der Waals surface area contributed by atoms with E-state index < -0.39 is 0 Å². The summed E-state index contributed by atoms with van der Waals surface area (Å²) < 4.78 is 10.6. The number of rotatable bonds is 1. The first-order valence-electron chi connectivity index (χ1n) is 16.0.